The van der Waals surface area contributed by atoms with Crippen molar-refractivity contribution in [1.29, 1.82) is 0 Å². The third-order valence-electron chi connectivity index (χ3n) is 3.76. The van der Waals surface area contributed by atoms with E-state index >= 15 is 0 Å². The molecule has 0 bridgehead atoms. The highest BCUT2D eigenvalue weighted by atomic mass is 35.5. The quantitative estimate of drug-likeness (QED) is 0.749. The molecule has 0 aliphatic rings. The summed E-state index contributed by atoms with van der Waals surface area (Å²) in [6.07, 6.45) is -0.491. The molecular formula is C18H23ClN2O4. The van der Waals surface area contributed by atoms with Gasteiger partial charge in [0.1, 0.15) is 0 Å². The van der Waals surface area contributed by atoms with Crippen LogP contribution in [0.1, 0.15) is 12.5 Å². The van der Waals surface area contributed by atoms with Gasteiger partial charge in [-0.05, 0) is 19.1 Å². The molecule has 0 radical (unpaired) electrons. The van der Waals surface area contributed by atoms with Crippen LogP contribution in [0, 0.1) is 0 Å². The Hall–Kier alpha value is -2.02. The highest BCUT2D eigenvalue weighted by Gasteiger charge is 2.14. The van der Waals surface area contributed by atoms with Gasteiger partial charge in [0, 0.05) is 35.1 Å². The molecule has 2 N–H and O–H groups in total. The van der Waals surface area contributed by atoms with Crippen LogP contribution in [-0.2, 0) is 13.1 Å². The maximum atomic E-state index is 12.8. The van der Waals surface area contributed by atoms with E-state index in [4.69, 9.17) is 21.1 Å². The van der Waals surface area contributed by atoms with Crippen molar-refractivity contribution < 1.29 is 14.6 Å². The number of pyridine rings is 1. The molecule has 2 rings (SSSR count). The summed E-state index contributed by atoms with van der Waals surface area (Å²) in [6, 6.07) is 5.38. The van der Waals surface area contributed by atoms with Crippen LogP contribution in [0.3, 0.4) is 0 Å². The van der Waals surface area contributed by atoms with Gasteiger partial charge >= 0.3 is 0 Å². The first-order valence-electron chi connectivity index (χ1n) is 7.87. The minimum atomic E-state index is -0.491. The Morgan fingerprint density at radius 1 is 1.32 bits per heavy atom. The molecule has 0 amide bonds. The largest absolute Gasteiger partial charge is 0.493 e. The fourth-order valence-corrected chi connectivity index (χ4v) is 2.76. The van der Waals surface area contributed by atoms with Gasteiger partial charge in [-0.15, -0.1) is 0 Å². The van der Waals surface area contributed by atoms with Gasteiger partial charge in [0.05, 0.1) is 32.4 Å². The SMILES string of the molecule is C=C(Cl)Cn1c(=O)c(CNC[C@@H](C)O)cc2cc(OC)c(OC)cc21. The van der Waals surface area contributed by atoms with Crippen LogP contribution in [0.25, 0.3) is 10.9 Å². The van der Waals surface area contributed by atoms with Crippen molar-refractivity contribution in [1.82, 2.24) is 9.88 Å². The number of benzene rings is 1. The number of aromatic nitrogens is 1. The predicted octanol–water partition coefficient (Wildman–Crippen LogP) is 2.24. The molecule has 0 aliphatic heterocycles. The van der Waals surface area contributed by atoms with Crippen LogP contribution in [-0.4, -0.2) is 36.5 Å². The third kappa shape index (κ3) is 4.54. The summed E-state index contributed by atoms with van der Waals surface area (Å²) < 4.78 is 12.2. The van der Waals surface area contributed by atoms with Crippen LogP contribution in [0.5, 0.6) is 11.5 Å². The van der Waals surface area contributed by atoms with Crippen molar-refractivity contribution >= 4 is 22.5 Å². The van der Waals surface area contributed by atoms with Crippen molar-refractivity contribution in [2.75, 3.05) is 20.8 Å². The normalized spacial score (nSPS) is 12.2. The molecule has 1 atom stereocenters. The van der Waals surface area contributed by atoms with Crippen LogP contribution >= 0.6 is 11.6 Å². The summed E-state index contributed by atoms with van der Waals surface area (Å²) in [5.74, 6) is 1.11. The molecule has 7 heteroatoms. The first-order chi connectivity index (χ1) is 11.9. The average molecular weight is 367 g/mol. The van der Waals surface area contributed by atoms with E-state index in [-0.39, 0.29) is 12.1 Å². The van der Waals surface area contributed by atoms with Gasteiger partial charge in [-0.3, -0.25) is 4.79 Å². The Morgan fingerprint density at radius 2 is 1.96 bits per heavy atom. The smallest absolute Gasteiger partial charge is 0.255 e. The number of rotatable bonds is 8. The molecule has 0 saturated heterocycles. The Balaban J connectivity index is 2.61. The fourth-order valence-electron chi connectivity index (χ4n) is 2.64. The third-order valence-corrected chi connectivity index (χ3v) is 3.88. The molecule has 0 saturated carbocycles. The van der Waals surface area contributed by atoms with E-state index in [9.17, 15) is 9.90 Å². The second-order valence-corrected chi connectivity index (χ2v) is 6.36. The van der Waals surface area contributed by atoms with Gasteiger partial charge in [-0.1, -0.05) is 18.2 Å². The highest BCUT2D eigenvalue weighted by Crippen LogP contribution is 2.32. The molecule has 0 spiro atoms. The van der Waals surface area contributed by atoms with Gasteiger partial charge in [-0.2, -0.15) is 0 Å². The van der Waals surface area contributed by atoms with E-state index in [1.807, 2.05) is 12.1 Å². The molecule has 0 aliphatic carbocycles. The summed E-state index contributed by atoms with van der Waals surface area (Å²) in [7, 11) is 3.10. The van der Waals surface area contributed by atoms with Crippen LogP contribution in [0.4, 0.5) is 0 Å². The molecular weight excluding hydrogens is 344 g/mol. The maximum absolute atomic E-state index is 12.8. The van der Waals surface area contributed by atoms with Gasteiger partial charge in [0.25, 0.3) is 5.56 Å². The summed E-state index contributed by atoms with van der Waals surface area (Å²) in [6.45, 7) is 6.29. The summed E-state index contributed by atoms with van der Waals surface area (Å²) in [5.41, 5.74) is 1.08. The van der Waals surface area contributed by atoms with E-state index in [2.05, 4.69) is 11.9 Å². The van der Waals surface area contributed by atoms with Gasteiger partial charge in [-0.25, -0.2) is 0 Å². The predicted molar refractivity (Wildman–Crippen MR) is 99.7 cm³/mol. The minimum Gasteiger partial charge on any atom is -0.493 e. The zero-order valence-corrected chi connectivity index (χ0v) is 15.4. The number of hydrogen-bond donors (Lipinski definition) is 2. The Labute approximate surface area is 151 Å². The summed E-state index contributed by atoms with van der Waals surface area (Å²) in [4.78, 5) is 12.8. The number of allylic oxidation sites excluding steroid dienone is 1. The maximum Gasteiger partial charge on any atom is 0.255 e. The first kappa shape index (κ1) is 19.3. The van der Waals surface area contributed by atoms with E-state index in [0.29, 0.717) is 40.7 Å². The van der Waals surface area contributed by atoms with Gasteiger partial charge in [0.15, 0.2) is 11.5 Å². The molecule has 1 aromatic heterocycles. The lowest BCUT2D eigenvalue weighted by Crippen LogP contribution is -2.30. The zero-order valence-electron chi connectivity index (χ0n) is 14.6. The Morgan fingerprint density at radius 3 is 2.52 bits per heavy atom. The molecule has 25 heavy (non-hydrogen) atoms. The number of halogens is 1. The number of ether oxygens (including phenoxy) is 2. The zero-order chi connectivity index (χ0) is 18.6. The van der Waals surface area contributed by atoms with Gasteiger partial charge < -0.3 is 24.5 Å². The summed E-state index contributed by atoms with van der Waals surface area (Å²) in [5, 5.41) is 13.6. The number of nitrogens with zero attached hydrogens (tertiary/aromatic N) is 1. The number of aliphatic hydroxyl groups excluding tert-OH is 1. The van der Waals surface area contributed by atoms with Crippen molar-refractivity contribution in [2.24, 2.45) is 0 Å². The topological polar surface area (TPSA) is 72.7 Å². The average Bonchev–Trinajstić information content (AvgIpc) is 2.56. The summed E-state index contributed by atoms with van der Waals surface area (Å²) >= 11 is 5.96. The number of hydrogen-bond acceptors (Lipinski definition) is 5. The lowest BCUT2D eigenvalue weighted by Gasteiger charge is -2.16. The van der Waals surface area contributed by atoms with E-state index in [1.165, 1.54) is 0 Å². The van der Waals surface area contributed by atoms with Crippen molar-refractivity contribution in [3.63, 3.8) is 0 Å². The highest BCUT2D eigenvalue weighted by molar-refractivity contribution is 6.29. The number of aliphatic hydroxyl groups is 1. The molecule has 136 valence electrons. The molecule has 2 aromatic rings. The van der Waals surface area contributed by atoms with E-state index < -0.39 is 6.10 Å². The van der Waals surface area contributed by atoms with Crippen molar-refractivity contribution in [2.45, 2.75) is 26.1 Å². The molecule has 6 nitrogen and oxygen atoms in total. The molecule has 0 unspecified atom stereocenters. The fraction of sp³-hybridized carbons (Fsp3) is 0.389. The monoisotopic (exact) mass is 366 g/mol. The Kier molecular flexibility index (Phi) is 6.47. The standard InChI is InChI=1S/C18H23ClN2O4/c1-11(19)10-21-15-7-17(25-4)16(24-3)6-13(15)5-14(18(21)23)9-20-8-12(2)22/h5-7,12,20,22H,1,8-10H2,2-4H3/t12-/m1/s1. The van der Waals surface area contributed by atoms with E-state index in [1.54, 1.807) is 31.8 Å². The van der Waals surface area contributed by atoms with E-state index in [0.717, 1.165) is 5.39 Å². The van der Waals surface area contributed by atoms with Crippen LogP contribution in [0.15, 0.2) is 34.6 Å². The number of methoxy groups -OCH3 is 2. The Bertz CT molecular complexity index is 830. The van der Waals surface area contributed by atoms with Crippen LogP contribution < -0.4 is 20.3 Å². The molecule has 1 heterocycles. The van der Waals surface area contributed by atoms with Crippen molar-refractivity contribution in [3.05, 3.63) is 45.7 Å². The number of fused-ring (bicyclic) bond motifs is 1. The van der Waals surface area contributed by atoms with Crippen molar-refractivity contribution in [3.8, 4) is 11.5 Å². The second-order valence-electron chi connectivity index (χ2n) is 5.82. The van der Waals surface area contributed by atoms with Crippen LogP contribution in [0.2, 0.25) is 0 Å². The minimum absolute atomic E-state index is 0.167. The first-order valence-corrected chi connectivity index (χ1v) is 8.25. The number of nitrogens with one attached hydrogen (secondary N) is 1. The second kappa shape index (κ2) is 8.38. The lowest BCUT2D eigenvalue weighted by atomic mass is 10.1. The lowest BCUT2D eigenvalue weighted by molar-refractivity contribution is 0.191. The van der Waals surface area contributed by atoms with Gasteiger partial charge in [0.2, 0.25) is 0 Å². The molecule has 1 aromatic carbocycles. The molecule has 0 fully saturated rings.